The van der Waals surface area contributed by atoms with E-state index in [0.29, 0.717) is 0 Å². The van der Waals surface area contributed by atoms with Crippen molar-refractivity contribution in [3.63, 3.8) is 0 Å². The van der Waals surface area contributed by atoms with Crippen LogP contribution in [0.2, 0.25) is 0 Å². The Morgan fingerprint density at radius 1 is 1.64 bits per heavy atom. The monoisotopic (exact) mass is 172 g/mol. The van der Waals surface area contributed by atoms with Crippen molar-refractivity contribution in [1.29, 1.82) is 0 Å². The van der Waals surface area contributed by atoms with Crippen LogP contribution in [0.4, 0.5) is 0 Å². The number of aliphatic hydroxyl groups is 1. The van der Waals surface area contributed by atoms with Crippen molar-refractivity contribution in [2.45, 2.75) is 20.3 Å². The molecule has 3 nitrogen and oxygen atoms in total. The van der Waals surface area contributed by atoms with Gasteiger partial charge in [0.1, 0.15) is 0 Å². The van der Waals surface area contributed by atoms with Crippen LogP contribution >= 0.6 is 11.5 Å². The second-order valence-electron chi connectivity index (χ2n) is 3.40. The minimum absolute atomic E-state index is 0.0737. The minimum atomic E-state index is -0.0737. The molecule has 4 heteroatoms. The SMILES string of the molecule is CC(C)(CO)Cc1csnn1. The van der Waals surface area contributed by atoms with Crippen LogP contribution < -0.4 is 0 Å². The van der Waals surface area contributed by atoms with Crippen LogP contribution in [0.15, 0.2) is 5.38 Å². The van der Waals surface area contributed by atoms with Gasteiger partial charge < -0.3 is 5.11 Å². The standard InChI is InChI=1S/C7H12N2OS/c1-7(2,5-10)3-6-4-11-9-8-6/h4,10H,3,5H2,1-2H3. The van der Waals surface area contributed by atoms with Crippen molar-refractivity contribution in [3.05, 3.63) is 11.1 Å². The molecule has 1 aromatic heterocycles. The van der Waals surface area contributed by atoms with E-state index in [1.807, 2.05) is 19.2 Å². The van der Waals surface area contributed by atoms with E-state index in [4.69, 9.17) is 5.11 Å². The summed E-state index contributed by atoms with van der Waals surface area (Å²) in [7, 11) is 0. The third-order valence-corrected chi connectivity index (χ3v) is 2.05. The molecule has 0 aliphatic rings. The Bertz CT molecular complexity index is 208. The lowest BCUT2D eigenvalue weighted by atomic mass is 9.89. The molecule has 0 bridgehead atoms. The van der Waals surface area contributed by atoms with E-state index in [1.165, 1.54) is 11.5 Å². The van der Waals surface area contributed by atoms with Gasteiger partial charge in [0.05, 0.1) is 5.69 Å². The molecule has 1 aromatic rings. The van der Waals surface area contributed by atoms with E-state index in [0.717, 1.165) is 12.1 Å². The number of nitrogens with zero attached hydrogens (tertiary/aromatic N) is 2. The summed E-state index contributed by atoms with van der Waals surface area (Å²) in [6, 6.07) is 0. The van der Waals surface area contributed by atoms with E-state index in [1.54, 1.807) is 0 Å². The maximum absolute atomic E-state index is 8.95. The third kappa shape index (κ3) is 2.55. The Hall–Kier alpha value is -0.480. The van der Waals surface area contributed by atoms with Gasteiger partial charge in [0, 0.05) is 12.0 Å². The fourth-order valence-corrected chi connectivity index (χ4v) is 1.26. The first-order chi connectivity index (χ1) is 5.14. The van der Waals surface area contributed by atoms with Crippen molar-refractivity contribution in [1.82, 2.24) is 9.59 Å². The molecule has 11 heavy (non-hydrogen) atoms. The number of aromatic nitrogens is 2. The predicted octanol–water partition coefficient (Wildman–Crippen LogP) is 1.10. The molecule has 0 saturated heterocycles. The lowest BCUT2D eigenvalue weighted by Gasteiger charge is -2.19. The highest BCUT2D eigenvalue weighted by atomic mass is 32.1. The van der Waals surface area contributed by atoms with Gasteiger partial charge in [-0.05, 0) is 23.4 Å². The summed E-state index contributed by atoms with van der Waals surface area (Å²) >= 11 is 1.35. The highest BCUT2D eigenvalue weighted by Crippen LogP contribution is 2.19. The maximum Gasteiger partial charge on any atom is 0.0761 e. The van der Waals surface area contributed by atoms with Gasteiger partial charge in [-0.1, -0.05) is 18.3 Å². The van der Waals surface area contributed by atoms with Crippen molar-refractivity contribution >= 4 is 11.5 Å². The van der Waals surface area contributed by atoms with Crippen molar-refractivity contribution in [3.8, 4) is 0 Å². The summed E-state index contributed by atoms with van der Waals surface area (Å²) in [5.41, 5.74) is 0.893. The molecule has 0 fully saturated rings. The zero-order chi connectivity index (χ0) is 8.32. The number of rotatable bonds is 3. The summed E-state index contributed by atoms with van der Waals surface area (Å²) in [6.07, 6.45) is 0.792. The van der Waals surface area contributed by atoms with Gasteiger partial charge in [-0.3, -0.25) is 0 Å². The molecule has 1 heterocycles. The Morgan fingerprint density at radius 3 is 2.82 bits per heavy atom. The topological polar surface area (TPSA) is 46.0 Å². The largest absolute Gasteiger partial charge is 0.396 e. The zero-order valence-electron chi connectivity index (χ0n) is 6.74. The Balaban J connectivity index is 2.56. The molecule has 0 spiro atoms. The first-order valence-corrected chi connectivity index (χ1v) is 4.34. The van der Waals surface area contributed by atoms with Gasteiger partial charge in [0.2, 0.25) is 0 Å². The van der Waals surface area contributed by atoms with Gasteiger partial charge in [-0.2, -0.15) is 0 Å². The molecule has 1 rings (SSSR count). The Morgan fingerprint density at radius 2 is 2.36 bits per heavy atom. The molecule has 0 aliphatic heterocycles. The van der Waals surface area contributed by atoms with Crippen molar-refractivity contribution in [2.24, 2.45) is 5.41 Å². The summed E-state index contributed by atoms with van der Waals surface area (Å²) in [6.45, 7) is 4.20. The minimum Gasteiger partial charge on any atom is -0.396 e. The zero-order valence-corrected chi connectivity index (χ0v) is 7.56. The quantitative estimate of drug-likeness (QED) is 0.742. The smallest absolute Gasteiger partial charge is 0.0761 e. The highest BCUT2D eigenvalue weighted by Gasteiger charge is 2.18. The van der Waals surface area contributed by atoms with E-state index < -0.39 is 0 Å². The molecule has 0 aromatic carbocycles. The molecule has 62 valence electrons. The molecule has 0 amide bonds. The van der Waals surface area contributed by atoms with Crippen molar-refractivity contribution in [2.75, 3.05) is 6.61 Å². The average molecular weight is 172 g/mol. The van der Waals surface area contributed by atoms with E-state index >= 15 is 0 Å². The molecule has 0 atom stereocenters. The van der Waals surface area contributed by atoms with E-state index in [-0.39, 0.29) is 12.0 Å². The van der Waals surface area contributed by atoms with Crippen LogP contribution in [-0.2, 0) is 6.42 Å². The van der Waals surface area contributed by atoms with Gasteiger partial charge >= 0.3 is 0 Å². The molecular weight excluding hydrogens is 160 g/mol. The summed E-state index contributed by atoms with van der Waals surface area (Å²) < 4.78 is 3.75. The van der Waals surface area contributed by atoms with Gasteiger partial charge in [0.25, 0.3) is 0 Å². The van der Waals surface area contributed by atoms with Gasteiger partial charge in [-0.25, -0.2) is 0 Å². The van der Waals surface area contributed by atoms with Crippen LogP contribution in [0.5, 0.6) is 0 Å². The first kappa shape index (κ1) is 8.62. The van der Waals surface area contributed by atoms with Gasteiger partial charge in [-0.15, -0.1) is 5.10 Å². The Kier molecular flexibility index (Phi) is 2.57. The summed E-state index contributed by atoms with van der Waals surface area (Å²) in [5.74, 6) is 0. The summed E-state index contributed by atoms with van der Waals surface area (Å²) in [5, 5.41) is 14.8. The van der Waals surface area contributed by atoms with E-state index in [9.17, 15) is 0 Å². The highest BCUT2D eigenvalue weighted by molar-refractivity contribution is 7.03. The molecule has 0 saturated carbocycles. The second kappa shape index (κ2) is 3.28. The lowest BCUT2D eigenvalue weighted by Crippen LogP contribution is -2.19. The molecule has 0 unspecified atom stereocenters. The normalized spacial score (nSPS) is 11.9. The van der Waals surface area contributed by atoms with Crippen LogP contribution in [0, 0.1) is 5.41 Å². The predicted molar refractivity (Wildman–Crippen MR) is 44.5 cm³/mol. The number of aliphatic hydroxyl groups excluding tert-OH is 1. The third-order valence-electron chi connectivity index (χ3n) is 1.49. The molecular formula is C7H12N2OS. The van der Waals surface area contributed by atoms with Crippen LogP contribution in [0.3, 0.4) is 0 Å². The van der Waals surface area contributed by atoms with Crippen LogP contribution in [0.1, 0.15) is 19.5 Å². The number of hydrogen-bond donors (Lipinski definition) is 1. The number of hydrogen-bond acceptors (Lipinski definition) is 4. The van der Waals surface area contributed by atoms with Crippen LogP contribution in [0.25, 0.3) is 0 Å². The molecule has 1 N–H and O–H groups in total. The fourth-order valence-electron chi connectivity index (χ4n) is 0.807. The molecule has 0 radical (unpaired) electrons. The maximum atomic E-state index is 8.95. The average Bonchev–Trinajstić information content (AvgIpc) is 2.39. The lowest BCUT2D eigenvalue weighted by molar-refractivity contribution is 0.158. The fraction of sp³-hybridized carbons (Fsp3) is 0.714. The van der Waals surface area contributed by atoms with E-state index in [2.05, 4.69) is 9.59 Å². The van der Waals surface area contributed by atoms with Crippen LogP contribution in [-0.4, -0.2) is 21.3 Å². The first-order valence-electron chi connectivity index (χ1n) is 3.51. The molecule has 0 aliphatic carbocycles. The van der Waals surface area contributed by atoms with Gasteiger partial charge in [0.15, 0.2) is 0 Å². The Labute approximate surface area is 70.2 Å². The summed E-state index contributed by atoms with van der Waals surface area (Å²) in [4.78, 5) is 0. The second-order valence-corrected chi connectivity index (χ2v) is 4.01. The van der Waals surface area contributed by atoms with Crippen molar-refractivity contribution < 1.29 is 5.11 Å².